The Bertz CT molecular complexity index is 163. The van der Waals surface area contributed by atoms with Crippen LogP contribution in [0.25, 0.3) is 0 Å². The van der Waals surface area contributed by atoms with Gasteiger partial charge in [-0.3, -0.25) is 4.90 Å². The molecule has 2 heteroatoms. The molecule has 1 aliphatic rings. The summed E-state index contributed by atoms with van der Waals surface area (Å²) in [5.41, 5.74) is 0.418. The van der Waals surface area contributed by atoms with Crippen LogP contribution < -0.4 is 0 Å². The second kappa shape index (κ2) is 4.33. The molecule has 1 fully saturated rings. The molecule has 0 radical (unpaired) electrons. The highest BCUT2D eigenvalue weighted by Gasteiger charge is 2.30. The molecule has 1 saturated heterocycles. The van der Waals surface area contributed by atoms with E-state index in [9.17, 15) is 0 Å². The van der Waals surface area contributed by atoms with Gasteiger partial charge >= 0.3 is 0 Å². The highest BCUT2D eigenvalue weighted by atomic mass is 32.1. The molecular weight excluding hydrogens is 166 g/mol. The maximum Gasteiger partial charge on any atom is 0.0168 e. The minimum Gasteiger partial charge on any atom is -0.295 e. The molecule has 0 N–H and O–H groups in total. The van der Waals surface area contributed by atoms with E-state index in [0.717, 1.165) is 12.3 Å². The molecule has 70 valence electrons. The maximum absolute atomic E-state index is 4.14. The van der Waals surface area contributed by atoms with Crippen LogP contribution in [0.1, 0.15) is 26.7 Å². The van der Waals surface area contributed by atoms with Gasteiger partial charge in [-0.1, -0.05) is 12.2 Å². The summed E-state index contributed by atoms with van der Waals surface area (Å²) < 4.78 is 0. The molecule has 1 heterocycles. The van der Waals surface area contributed by atoms with Gasteiger partial charge in [0.05, 0.1) is 0 Å². The first kappa shape index (κ1) is 10.1. The molecule has 0 aliphatic carbocycles. The maximum atomic E-state index is 4.14. The minimum atomic E-state index is 0.418. The van der Waals surface area contributed by atoms with E-state index in [2.05, 4.69) is 43.5 Å². The monoisotopic (exact) mass is 185 g/mol. The zero-order chi connectivity index (χ0) is 9.03. The van der Waals surface area contributed by atoms with Gasteiger partial charge in [0.25, 0.3) is 0 Å². The summed E-state index contributed by atoms with van der Waals surface area (Å²) in [4.78, 5) is 2.53. The molecule has 0 amide bonds. The van der Waals surface area contributed by atoms with Crippen molar-refractivity contribution in [3.63, 3.8) is 0 Å². The van der Waals surface area contributed by atoms with Crippen LogP contribution in [0.4, 0.5) is 0 Å². The van der Waals surface area contributed by atoms with Crippen LogP contribution in [0.2, 0.25) is 0 Å². The standard InChI is InChI=1S/C10H19NS/c1-10(2)6-5-8-11(10)7-3-4-9-12/h3-4,12H,5-9H2,1-2H3/b4-3+. The van der Waals surface area contributed by atoms with Crippen LogP contribution in [-0.2, 0) is 0 Å². The van der Waals surface area contributed by atoms with Crippen molar-refractivity contribution < 1.29 is 0 Å². The van der Waals surface area contributed by atoms with E-state index in [1.807, 2.05) is 0 Å². The molecule has 0 bridgehead atoms. The van der Waals surface area contributed by atoms with E-state index in [1.165, 1.54) is 19.4 Å². The van der Waals surface area contributed by atoms with Crippen LogP contribution in [-0.4, -0.2) is 29.3 Å². The Morgan fingerprint density at radius 3 is 2.67 bits per heavy atom. The first-order valence-electron chi connectivity index (χ1n) is 4.68. The minimum absolute atomic E-state index is 0.418. The predicted octanol–water partition coefficient (Wildman–Crippen LogP) is 2.35. The third-order valence-electron chi connectivity index (χ3n) is 2.67. The molecule has 1 nitrogen and oxygen atoms in total. The second-order valence-corrected chi connectivity index (χ2v) is 4.38. The smallest absolute Gasteiger partial charge is 0.0168 e. The highest BCUT2D eigenvalue weighted by molar-refractivity contribution is 7.80. The molecule has 0 aromatic rings. The molecule has 0 aromatic heterocycles. The Kier molecular flexibility index (Phi) is 3.66. The molecule has 1 aliphatic heterocycles. The average molecular weight is 185 g/mol. The zero-order valence-corrected chi connectivity index (χ0v) is 8.98. The lowest BCUT2D eigenvalue weighted by Gasteiger charge is -2.30. The molecule has 0 saturated carbocycles. The van der Waals surface area contributed by atoms with Gasteiger partial charge < -0.3 is 0 Å². The number of thiol groups is 1. The van der Waals surface area contributed by atoms with Crippen LogP contribution in [0.15, 0.2) is 12.2 Å². The SMILES string of the molecule is CC1(C)CCCN1C/C=C/CS. The van der Waals surface area contributed by atoms with Crippen molar-refractivity contribution in [3.05, 3.63) is 12.2 Å². The molecule has 12 heavy (non-hydrogen) atoms. The molecule has 0 aromatic carbocycles. The van der Waals surface area contributed by atoms with Gasteiger partial charge in [0.2, 0.25) is 0 Å². The summed E-state index contributed by atoms with van der Waals surface area (Å²) in [6, 6.07) is 0. The first-order valence-corrected chi connectivity index (χ1v) is 5.31. The molecular formula is C10H19NS. The Morgan fingerprint density at radius 1 is 1.42 bits per heavy atom. The Balaban J connectivity index is 2.36. The van der Waals surface area contributed by atoms with Crippen molar-refractivity contribution in [2.75, 3.05) is 18.8 Å². The van der Waals surface area contributed by atoms with Crippen molar-refractivity contribution in [2.24, 2.45) is 0 Å². The van der Waals surface area contributed by atoms with Gasteiger partial charge in [-0.05, 0) is 33.2 Å². The Labute approximate surface area is 81.2 Å². The van der Waals surface area contributed by atoms with Gasteiger partial charge in [-0.2, -0.15) is 12.6 Å². The van der Waals surface area contributed by atoms with Crippen molar-refractivity contribution in [3.8, 4) is 0 Å². The predicted molar refractivity (Wildman–Crippen MR) is 57.9 cm³/mol. The first-order chi connectivity index (χ1) is 5.67. The number of nitrogens with zero attached hydrogens (tertiary/aromatic N) is 1. The summed E-state index contributed by atoms with van der Waals surface area (Å²) in [6.07, 6.45) is 7.03. The number of likely N-dealkylation sites (tertiary alicyclic amines) is 1. The summed E-state index contributed by atoms with van der Waals surface area (Å²) in [5.74, 6) is 0.855. The fourth-order valence-corrected chi connectivity index (χ4v) is 1.93. The van der Waals surface area contributed by atoms with Gasteiger partial charge in [0, 0.05) is 17.8 Å². The van der Waals surface area contributed by atoms with E-state index >= 15 is 0 Å². The second-order valence-electron chi connectivity index (χ2n) is 4.02. The van der Waals surface area contributed by atoms with Crippen molar-refractivity contribution in [1.29, 1.82) is 0 Å². The molecule has 0 unspecified atom stereocenters. The van der Waals surface area contributed by atoms with Crippen molar-refractivity contribution >= 4 is 12.6 Å². The largest absolute Gasteiger partial charge is 0.295 e. The lowest BCUT2D eigenvalue weighted by Crippen LogP contribution is -2.38. The van der Waals surface area contributed by atoms with E-state index in [4.69, 9.17) is 0 Å². The van der Waals surface area contributed by atoms with Gasteiger partial charge in [-0.15, -0.1) is 0 Å². The summed E-state index contributed by atoms with van der Waals surface area (Å²) in [5, 5.41) is 0. The summed E-state index contributed by atoms with van der Waals surface area (Å²) in [6.45, 7) is 7.00. The van der Waals surface area contributed by atoms with Crippen molar-refractivity contribution in [2.45, 2.75) is 32.2 Å². The fraction of sp³-hybridized carbons (Fsp3) is 0.800. The Hall–Kier alpha value is 0.0500. The lowest BCUT2D eigenvalue weighted by atomic mass is 10.0. The normalized spacial score (nSPS) is 23.9. The van der Waals surface area contributed by atoms with Crippen molar-refractivity contribution in [1.82, 2.24) is 4.90 Å². The highest BCUT2D eigenvalue weighted by Crippen LogP contribution is 2.27. The molecule has 1 rings (SSSR count). The quantitative estimate of drug-likeness (QED) is 0.522. The average Bonchev–Trinajstić information content (AvgIpc) is 2.32. The fourth-order valence-electron chi connectivity index (χ4n) is 1.78. The zero-order valence-electron chi connectivity index (χ0n) is 8.08. The van der Waals surface area contributed by atoms with E-state index in [0.29, 0.717) is 5.54 Å². The van der Waals surface area contributed by atoms with Gasteiger partial charge in [0.15, 0.2) is 0 Å². The van der Waals surface area contributed by atoms with E-state index in [1.54, 1.807) is 0 Å². The van der Waals surface area contributed by atoms with E-state index in [-0.39, 0.29) is 0 Å². The third kappa shape index (κ3) is 2.53. The third-order valence-corrected chi connectivity index (χ3v) is 2.88. The number of hydrogen-bond donors (Lipinski definition) is 1. The van der Waals surface area contributed by atoms with Gasteiger partial charge in [-0.25, -0.2) is 0 Å². The topological polar surface area (TPSA) is 3.24 Å². The number of hydrogen-bond acceptors (Lipinski definition) is 2. The molecule has 0 atom stereocenters. The summed E-state index contributed by atoms with van der Waals surface area (Å²) in [7, 11) is 0. The Morgan fingerprint density at radius 2 is 2.17 bits per heavy atom. The number of rotatable bonds is 3. The van der Waals surface area contributed by atoms with Gasteiger partial charge in [0.1, 0.15) is 0 Å². The van der Waals surface area contributed by atoms with Crippen LogP contribution in [0, 0.1) is 0 Å². The molecule has 0 spiro atoms. The van der Waals surface area contributed by atoms with Crippen LogP contribution in [0.3, 0.4) is 0 Å². The lowest BCUT2D eigenvalue weighted by molar-refractivity contribution is 0.195. The van der Waals surface area contributed by atoms with E-state index < -0.39 is 0 Å². The summed E-state index contributed by atoms with van der Waals surface area (Å²) >= 11 is 4.14. The van der Waals surface area contributed by atoms with Crippen LogP contribution >= 0.6 is 12.6 Å². The van der Waals surface area contributed by atoms with Crippen LogP contribution in [0.5, 0.6) is 0 Å².